The van der Waals surface area contributed by atoms with E-state index in [0.29, 0.717) is 24.1 Å². The highest BCUT2D eigenvalue weighted by atomic mass is 16.5. The molecule has 0 unspecified atom stereocenters. The van der Waals surface area contributed by atoms with Gasteiger partial charge in [-0.15, -0.1) is 0 Å². The van der Waals surface area contributed by atoms with Gasteiger partial charge in [-0.25, -0.2) is 9.97 Å². The average Bonchev–Trinajstić information content (AvgIpc) is 2.68. The summed E-state index contributed by atoms with van der Waals surface area (Å²) in [6, 6.07) is 7.77. The van der Waals surface area contributed by atoms with Crippen LogP contribution in [-0.2, 0) is 11.2 Å². The zero-order chi connectivity index (χ0) is 19.4. The highest BCUT2D eigenvalue weighted by Crippen LogP contribution is 2.32. The lowest BCUT2D eigenvalue weighted by atomic mass is 9.82. The number of aromatic nitrogens is 2. The van der Waals surface area contributed by atoms with Crippen LogP contribution in [0, 0.1) is 5.92 Å². The van der Waals surface area contributed by atoms with E-state index in [1.54, 1.807) is 7.11 Å². The monoisotopic (exact) mass is 367 g/mol. The van der Waals surface area contributed by atoms with Crippen LogP contribution in [-0.4, -0.2) is 28.8 Å². The summed E-state index contributed by atoms with van der Waals surface area (Å²) in [4.78, 5) is 33.5. The van der Waals surface area contributed by atoms with Crippen molar-refractivity contribution in [1.82, 2.24) is 9.97 Å². The lowest BCUT2D eigenvalue weighted by Gasteiger charge is -2.23. The maximum atomic E-state index is 12.5. The van der Waals surface area contributed by atoms with Crippen LogP contribution in [0.4, 0.5) is 5.95 Å². The van der Waals surface area contributed by atoms with Gasteiger partial charge in [0.05, 0.1) is 18.4 Å². The van der Waals surface area contributed by atoms with Crippen molar-refractivity contribution in [3.05, 3.63) is 47.3 Å². The Kier molecular flexibility index (Phi) is 5.84. The predicted molar refractivity (Wildman–Crippen MR) is 103 cm³/mol. The maximum Gasteiger partial charge on any atom is 0.229 e. The van der Waals surface area contributed by atoms with E-state index in [1.165, 1.54) is 6.20 Å². The fraction of sp³-hybridized carbons (Fsp3) is 0.429. The Hall–Kier alpha value is -2.76. The zero-order valence-electron chi connectivity index (χ0n) is 16.0. The first-order valence-corrected chi connectivity index (χ1v) is 9.39. The molecule has 1 aromatic heterocycles. The molecule has 2 aromatic rings. The molecule has 0 aliphatic heterocycles. The number of nitrogens with zero attached hydrogens (tertiary/aromatic N) is 2. The van der Waals surface area contributed by atoms with Crippen molar-refractivity contribution in [2.45, 2.75) is 45.4 Å². The highest BCUT2D eigenvalue weighted by molar-refractivity contribution is 5.99. The lowest BCUT2D eigenvalue weighted by molar-refractivity contribution is -0.120. The SMILES string of the molecule is CCC(CC)C(=O)Nc1ncc2c(n1)C[C@@H](c1ccc(OC)cc1)CC2=O. The summed E-state index contributed by atoms with van der Waals surface area (Å²) in [5.41, 5.74) is 2.33. The molecular weight excluding hydrogens is 342 g/mol. The normalized spacial score (nSPS) is 16.1. The van der Waals surface area contributed by atoms with E-state index < -0.39 is 0 Å². The minimum atomic E-state index is -0.0752. The van der Waals surface area contributed by atoms with Gasteiger partial charge < -0.3 is 4.74 Å². The number of hydrogen-bond acceptors (Lipinski definition) is 5. The number of nitrogens with one attached hydrogen (secondary N) is 1. The summed E-state index contributed by atoms with van der Waals surface area (Å²) in [6.45, 7) is 3.97. The highest BCUT2D eigenvalue weighted by Gasteiger charge is 2.28. The topological polar surface area (TPSA) is 81.2 Å². The molecule has 6 nitrogen and oxygen atoms in total. The largest absolute Gasteiger partial charge is 0.497 e. The Morgan fingerprint density at radius 1 is 1.22 bits per heavy atom. The molecule has 3 rings (SSSR count). The number of rotatable bonds is 6. The first kappa shape index (κ1) is 19.0. The summed E-state index contributed by atoms with van der Waals surface area (Å²) >= 11 is 0. The van der Waals surface area contributed by atoms with Crippen molar-refractivity contribution in [1.29, 1.82) is 0 Å². The van der Waals surface area contributed by atoms with Gasteiger partial charge >= 0.3 is 0 Å². The van der Waals surface area contributed by atoms with Crippen LogP contribution in [0.5, 0.6) is 5.75 Å². The molecule has 27 heavy (non-hydrogen) atoms. The van der Waals surface area contributed by atoms with Gasteiger partial charge in [-0.2, -0.15) is 0 Å². The molecule has 0 fully saturated rings. The summed E-state index contributed by atoms with van der Waals surface area (Å²) in [6.07, 6.45) is 4.15. The molecule has 6 heteroatoms. The van der Waals surface area contributed by atoms with E-state index in [1.807, 2.05) is 38.1 Å². The number of anilines is 1. The fourth-order valence-electron chi connectivity index (χ4n) is 3.49. The smallest absolute Gasteiger partial charge is 0.229 e. The number of amides is 1. The van der Waals surface area contributed by atoms with E-state index >= 15 is 0 Å². The van der Waals surface area contributed by atoms with E-state index in [4.69, 9.17) is 4.74 Å². The summed E-state index contributed by atoms with van der Waals surface area (Å²) in [7, 11) is 1.63. The molecule has 1 atom stereocenters. The minimum absolute atomic E-state index is 0.0370. The maximum absolute atomic E-state index is 12.5. The van der Waals surface area contributed by atoms with Gasteiger partial charge in [0, 0.05) is 18.5 Å². The van der Waals surface area contributed by atoms with Crippen LogP contribution in [0.3, 0.4) is 0 Å². The molecule has 1 aliphatic rings. The molecule has 0 radical (unpaired) electrons. The fourth-order valence-corrected chi connectivity index (χ4v) is 3.49. The number of Topliss-reactive ketones (excluding diaryl/α,β-unsaturated/α-hetero) is 1. The summed E-state index contributed by atoms with van der Waals surface area (Å²) < 4.78 is 5.20. The zero-order valence-corrected chi connectivity index (χ0v) is 16.0. The first-order valence-electron chi connectivity index (χ1n) is 9.39. The van der Waals surface area contributed by atoms with E-state index in [0.717, 1.165) is 24.2 Å². The summed E-state index contributed by atoms with van der Waals surface area (Å²) in [5, 5.41) is 2.79. The van der Waals surface area contributed by atoms with Gasteiger partial charge in [0.2, 0.25) is 11.9 Å². The van der Waals surface area contributed by atoms with E-state index in [-0.39, 0.29) is 29.5 Å². The van der Waals surface area contributed by atoms with Gasteiger partial charge in [0.25, 0.3) is 0 Å². The van der Waals surface area contributed by atoms with Gasteiger partial charge in [0.15, 0.2) is 5.78 Å². The molecule has 1 aromatic carbocycles. The Bertz CT molecular complexity index is 829. The third-order valence-corrected chi connectivity index (χ3v) is 5.22. The molecular formula is C21H25N3O3. The molecule has 0 spiro atoms. The molecule has 1 heterocycles. The van der Waals surface area contributed by atoms with Crippen molar-refractivity contribution in [2.24, 2.45) is 5.92 Å². The third kappa shape index (κ3) is 4.15. The van der Waals surface area contributed by atoms with E-state index in [9.17, 15) is 9.59 Å². The Labute approximate surface area is 159 Å². The van der Waals surface area contributed by atoms with Gasteiger partial charge in [-0.1, -0.05) is 26.0 Å². The summed E-state index contributed by atoms with van der Waals surface area (Å²) in [5.74, 6) is 1.03. The quantitative estimate of drug-likeness (QED) is 0.840. The molecule has 0 saturated heterocycles. The molecule has 1 amide bonds. The Morgan fingerprint density at radius 3 is 2.56 bits per heavy atom. The van der Waals surface area contributed by atoms with Gasteiger partial charge in [0.1, 0.15) is 5.75 Å². The molecule has 1 aliphatic carbocycles. The molecule has 0 saturated carbocycles. The molecule has 1 N–H and O–H groups in total. The second-order valence-electron chi connectivity index (χ2n) is 6.86. The molecule has 142 valence electrons. The third-order valence-electron chi connectivity index (χ3n) is 5.22. The number of ether oxygens (including phenoxy) is 1. The lowest BCUT2D eigenvalue weighted by Crippen LogP contribution is -2.25. The number of methoxy groups -OCH3 is 1. The average molecular weight is 367 g/mol. The Balaban J connectivity index is 1.80. The van der Waals surface area contributed by atoms with Gasteiger partial charge in [-0.05, 0) is 42.9 Å². The van der Waals surface area contributed by atoms with Crippen LogP contribution in [0.2, 0.25) is 0 Å². The van der Waals surface area contributed by atoms with Crippen molar-refractivity contribution < 1.29 is 14.3 Å². The van der Waals surface area contributed by atoms with Crippen molar-refractivity contribution >= 4 is 17.6 Å². The van der Waals surface area contributed by atoms with Gasteiger partial charge in [-0.3, -0.25) is 14.9 Å². The second-order valence-corrected chi connectivity index (χ2v) is 6.86. The van der Waals surface area contributed by atoms with Crippen molar-refractivity contribution in [2.75, 3.05) is 12.4 Å². The second kappa shape index (κ2) is 8.29. The number of carbonyl (C=O) groups is 2. The number of fused-ring (bicyclic) bond motifs is 1. The van der Waals surface area contributed by atoms with Crippen LogP contribution < -0.4 is 10.1 Å². The minimum Gasteiger partial charge on any atom is -0.497 e. The number of hydrogen-bond donors (Lipinski definition) is 1. The van der Waals surface area contributed by atoms with Crippen LogP contribution >= 0.6 is 0 Å². The number of carbonyl (C=O) groups excluding carboxylic acids is 2. The van der Waals surface area contributed by atoms with E-state index in [2.05, 4.69) is 15.3 Å². The van der Waals surface area contributed by atoms with Crippen molar-refractivity contribution in [3.63, 3.8) is 0 Å². The predicted octanol–water partition coefficient (Wildman–Crippen LogP) is 3.77. The number of ketones is 1. The van der Waals surface area contributed by atoms with Crippen LogP contribution in [0.25, 0.3) is 0 Å². The Morgan fingerprint density at radius 2 is 1.93 bits per heavy atom. The number of benzene rings is 1. The van der Waals surface area contributed by atoms with Crippen LogP contribution in [0.1, 0.15) is 60.6 Å². The standard InChI is InChI=1S/C21H25N3O3/c1-4-13(5-2)20(26)24-21-22-12-17-18(23-21)10-15(11-19(17)25)14-6-8-16(27-3)9-7-14/h6-9,12-13,15H,4-5,10-11H2,1-3H3,(H,22,23,24,26)/t15-/m1/s1. The first-order chi connectivity index (χ1) is 13.0. The van der Waals surface area contributed by atoms with Crippen molar-refractivity contribution in [3.8, 4) is 5.75 Å². The van der Waals surface area contributed by atoms with Crippen LogP contribution in [0.15, 0.2) is 30.5 Å². The molecule has 0 bridgehead atoms.